The minimum absolute atomic E-state index is 0.138. The van der Waals surface area contributed by atoms with Gasteiger partial charge in [-0.15, -0.1) is 0 Å². The van der Waals surface area contributed by atoms with Gasteiger partial charge in [-0.2, -0.15) is 0 Å². The van der Waals surface area contributed by atoms with Crippen LogP contribution in [0.1, 0.15) is 23.1 Å². The number of aryl methyl sites for hydroxylation is 1. The summed E-state index contributed by atoms with van der Waals surface area (Å²) < 4.78 is 1.55. The van der Waals surface area contributed by atoms with Crippen LogP contribution in [0.15, 0.2) is 36.7 Å². The van der Waals surface area contributed by atoms with Crippen molar-refractivity contribution in [1.29, 1.82) is 0 Å². The van der Waals surface area contributed by atoms with Gasteiger partial charge < -0.3 is 10.4 Å². The number of hydrogen-bond donors (Lipinski definition) is 3. The number of carboxylic acid groups (broad SMARTS) is 1. The SMILES string of the molecule is CCNC(=O)Nc1ccc(-c2ccc3nc(C)c(C(=O)O)n3c2)cn1. The molecule has 3 aromatic rings. The number of aromatic nitrogens is 3. The van der Waals surface area contributed by atoms with Crippen LogP contribution < -0.4 is 10.6 Å². The number of carboxylic acids is 1. The van der Waals surface area contributed by atoms with E-state index in [2.05, 4.69) is 20.6 Å². The highest BCUT2D eigenvalue weighted by Crippen LogP contribution is 2.22. The maximum atomic E-state index is 11.5. The van der Waals surface area contributed by atoms with Gasteiger partial charge in [-0.05, 0) is 38.1 Å². The van der Waals surface area contributed by atoms with E-state index >= 15 is 0 Å². The fourth-order valence-electron chi connectivity index (χ4n) is 2.55. The molecule has 3 heterocycles. The van der Waals surface area contributed by atoms with Crippen molar-refractivity contribution in [3.63, 3.8) is 0 Å². The van der Waals surface area contributed by atoms with Gasteiger partial charge >= 0.3 is 12.0 Å². The first kappa shape index (κ1) is 16.4. The molecule has 128 valence electrons. The molecule has 0 atom stereocenters. The van der Waals surface area contributed by atoms with Gasteiger partial charge in [0, 0.05) is 30.1 Å². The molecule has 0 aliphatic heterocycles. The van der Waals surface area contributed by atoms with Crippen molar-refractivity contribution in [2.45, 2.75) is 13.8 Å². The summed E-state index contributed by atoms with van der Waals surface area (Å²) in [5, 5.41) is 14.6. The summed E-state index contributed by atoms with van der Waals surface area (Å²) in [5.41, 5.74) is 2.76. The molecule has 0 radical (unpaired) electrons. The van der Waals surface area contributed by atoms with E-state index in [-0.39, 0.29) is 11.7 Å². The molecule has 0 aliphatic rings. The van der Waals surface area contributed by atoms with Gasteiger partial charge in [0.15, 0.2) is 5.69 Å². The van der Waals surface area contributed by atoms with E-state index in [1.807, 2.05) is 13.0 Å². The zero-order valence-electron chi connectivity index (χ0n) is 13.8. The number of imidazole rings is 1. The lowest BCUT2D eigenvalue weighted by molar-refractivity contribution is 0.0688. The number of carbonyl (C=O) groups excluding carboxylic acids is 1. The molecule has 0 aromatic carbocycles. The van der Waals surface area contributed by atoms with E-state index in [0.717, 1.165) is 11.1 Å². The summed E-state index contributed by atoms with van der Waals surface area (Å²) in [5.74, 6) is -0.595. The molecule has 8 heteroatoms. The van der Waals surface area contributed by atoms with Crippen molar-refractivity contribution >= 4 is 23.5 Å². The van der Waals surface area contributed by atoms with E-state index in [0.29, 0.717) is 23.7 Å². The zero-order chi connectivity index (χ0) is 18.0. The Morgan fingerprint density at radius 3 is 2.60 bits per heavy atom. The standard InChI is InChI=1S/C17H17N5O3/c1-3-18-17(25)21-13-6-4-11(8-19-13)12-5-7-14-20-10(2)15(16(23)24)22(14)9-12/h4-9H,3H2,1-2H3,(H,23,24)(H2,18,19,21,25). The average molecular weight is 339 g/mol. The largest absolute Gasteiger partial charge is 0.477 e. The van der Waals surface area contributed by atoms with Crippen LogP contribution in [-0.4, -0.2) is 38.0 Å². The Morgan fingerprint density at radius 2 is 1.96 bits per heavy atom. The number of anilines is 1. The summed E-state index contributed by atoms with van der Waals surface area (Å²) >= 11 is 0. The van der Waals surface area contributed by atoms with E-state index in [1.54, 1.807) is 41.9 Å². The summed E-state index contributed by atoms with van der Waals surface area (Å²) in [6.45, 7) is 4.02. The zero-order valence-corrected chi connectivity index (χ0v) is 13.8. The van der Waals surface area contributed by atoms with Crippen LogP contribution >= 0.6 is 0 Å². The molecule has 25 heavy (non-hydrogen) atoms. The minimum Gasteiger partial charge on any atom is -0.477 e. The second-order valence-corrected chi connectivity index (χ2v) is 5.41. The Morgan fingerprint density at radius 1 is 1.20 bits per heavy atom. The lowest BCUT2D eigenvalue weighted by Crippen LogP contribution is -2.28. The molecule has 0 saturated carbocycles. The molecule has 8 nitrogen and oxygen atoms in total. The molecular weight excluding hydrogens is 322 g/mol. The van der Waals surface area contributed by atoms with Gasteiger partial charge in [0.05, 0.1) is 5.69 Å². The van der Waals surface area contributed by atoms with Gasteiger partial charge in [-0.25, -0.2) is 19.6 Å². The number of carbonyl (C=O) groups is 2. The van der Waals surface area contributed by atoms with Gasteiger partial charge in [0.2, 0.25) is 0 Å². The quantitative estimate of drug-likeness (QED) is 0.677. The number of urea groups is 1. The van der Waals surface area contributed by atoms with Crippen molar-refractivity contribution < 1.29 is 14.7 Å². The third kappa shape index (κ3) is 3.27. The molecule has 0 bridgehead atoms. The molecule has 3 N–H and O–H groups in total. The smallest absolute Gasteiger partial charge is 0.354 e. The molecule has 3 rings (SSSR count). The second kappa shape index (κ2) is 6.60. The van der Waals surface area contributed by atoms with Crippen LogP contribution in [0.5, 0.6) is 0 Å². The van der Waals surface area contributed by atoms with Gasteiger partial charge in [-0.1, -0.05) is 0 Å². The summed E-state index contributed by atoms with van der Waals surface area (Å²) in [7, 11) is 0. The van der Waals surface area contributed by atoms with Crippen molar-refractivity contribution in [3.05, 3.63) is 48.0 Å². The predicted molar refractivity (Wildman–Crippen MR) is 92.8 cm³/mol. The molecule has 2 amide bonds. The number of rotatable bonds is 4. The van der Waals surface area contributed by atoms with Crippen molar-refractivity contribution in [2.75, 3.05) is 11.9 Å². The number of nitrogens with one attached hydrogen (secondary N) is 2. The van der Waals surface area contributed by atoms with Crippen LogP contribution in [-0.2, 0) is 0 Å². The monoisotopic (exact) mass is 339 g/mol. The van der Waals surface area contributed by atoms with Gasteiger partial charge in [-0.3, -0.25) is 9.72 Å². The summed E-state index contributed by atoms with van der Waals surface area (Å²) in [6.07, 6.45) is 3.33. The molecule has 0 fully saturated rings. The lowest BCUT2D eigenvalue weighted by Gasteiger charge is -2.07. The maximum absolute atomic E-state index is 11.5. The van der Waals surface area contributed by atoms with Crippen LogP contribution in [0.3, 0.4) is 0 Å². The number of aromatic carboxylic acids is 1. The summed E-state index contributed by atoms with van der Waals surface area (Å²) in [4.78, 5) is 31.4. The predicted octanol–water partition coefficient (Wildman–Crippen LogP) is 2.54. The topological polar surface area (TPSA) is 109 Å². The molecule has 0 spiro atoms. The molecule has 0 aliphatic carbocycles. The first-order chi connectivity index (χ1) is 12.0. The third-order valence-electron chi connectivity index (χ3n) is 3.67. The number of amides is 2. The highest BCUT2D eigenvalue weighted by molar-refractivity contribution is 5.89. The van der Waals surface area contributed by atoms with E-state index in [1.165, 1.54) is 0 Å². The van der Waals surface area contributed by atoms with Crippen molar-refractivity contribution in [1.82, 2.24) is 19.7 Å². The molecular formula is C17H17N5O3. The average Bonchev–Trinajstić information content (AvgIpc) is 2.90. The van der Waals surface area contributed by atoms with Crippen molar-refractivity contribution in [3.8, 4) is 11.1 Å². The Hall–Kier alpha value is -3.42. The van der Waals surface area contributed by atoms with Crippen LogP contribution in [0.2, 0.25) is 0 Å². The Bertz CT molecular complexity index is 947. The van der Waals surface area contributed by atoms with E-state index in [9.17, 15) is 14.7 Å². The van der Waals surface area contributed by atoms with Crippen LogP contribution in [0, 0.1) is 6.92 Å². The normalized spacial score (nSPS) is 10.6. The highest BCUT2D eigenvalue weighted by atomic mass is 16.4. The van der Waals surface area contributed by atoms with Crippen LogP contribution in [0.25, 0.3) is 16.8 Å². The summed E-state index contributed by atoms with van der Waals surface area (Å²) in [6, 6.07) is 6.78. The Balaban J connectivity index is 1.92. The van der Waals surface area contributed by atoms with E-state index in [4.69, 9.17) is 0 Å². The van der Waals surface area contributed by atoms with Gasteiger partial charge in [0.1, 0.15) is 11.5 Å². The molecule has 0 saturated heterocycles. The number of hydrogen-bond acceptors (Lipinski definition) is 4. The maximum Gasteiger partial charge on any atom is 0.354 e. The number of fused-ring (bicyclic) bond motifs is 1. The first-order valence-corrected chi connectivity index (χ1v) is 7.73. The van der Waals surface area contributed by atoms with Gasteiger partial charge in [0.25, 0.3) is 0 Å². The molecule has 3 aromatic heterocycles. The Labute approximate surface area is 143 Å². The minimum atomic E-state index is -1.03. The highest BCUT2D eigenvalue weighted by Gasteiger charge is 2.15. The van der Waals surface area contributed by atoms with Crippen molar-refractivity contribution in [2.24, 2.45) is 0 Å². The fourth-order valence-corrected chi connectivity index (χ4v) is 2.55. The Kier molecular flexibility index (Phi) is 4.34. The number of nitrogens with zero attached hydrogens (tertiary/aromatic N) is 3. The fraction of sp³-hybridized carbons (Fsp3) is 0.176. The first-order valence-electron chi connectivity index (χ1n) is 7.73. The molecule has 0 unspecified atom stereocenters. The third-order valence-corrected chi connectivity index (χ3v) is 3.67. The van der Waals surface area contributed by atoms with E-state index < -0.39 is 5.97 Å². The lowest BCUT2D eigenvalue weighted by atomic mass is 10.1. The number of pyridine rings is 2. The second-order valence-electron chi connectivity index (χ2n) is 5.41. The van der Waals surface area contributed by atoms with Crippen LogP contribution in [0.4, 0.5) is 10.6 Å².